The average Bonchev–Trinajstić information content (AvgIpc) is 3.33. The summed E-state index contributed by atoms with van der Waals surface area (Å²) >= 11 is 6.26. The van der Waals surface area contributed by atoms with Gasteiger partial charge in [0, 0.05) is 6.07 Å². The van der Waals surface area contributed by atoms with Gasteiger partial charge in [-0.3, -0.25) is 0 Å². The van der Waals surface area contributed by atoms with Crippen LogP contribution < -0.4 is 20.1 Å². The summed E-state index contributed by atoms with van der Waals surface area (Å²) in [5.74, 6) is 1.53. The molecule has 0 fully saturated rings. The number of hydrogen-bond donors (Lipinski definition) is 2. The summed E-state index contributed by atoms with van der Waals surface area (Å²) in [6.07, 6.45) is 0. The molecule has 168 valence electrons. The first-order valence-corrected chi connectivity index (χ1v) is 10.4. The van der Waals surface area contributed by atoms with Crippen LogP contribution in [0.4, 0.5) is 10.5 Å². The fourth-order valence-electron chi connectivity index (χ4n) is 3.23. The monoisotopic (exact) mass is 464 g/mol. The zero-order valence-electron chi connectivity index (χ0n) is 17.9. The lowest BCUT2D eigenvalue weighted by Gasteiger charge is -2.17. The molecule has 2 amide bonds. The van der Waals surface area contributed by atoms with Gasteiger partial charge in [0.05, 0.1) is 30.5 Å². The Morgan fingerprint density at radius 1 is 0.970 bits per heavy atom. The number of nitrogens with zero attached hydrogens (tertiary/aromatic N) is 2. The quantitative estimate of drug-likeness (QED) is 0.384. The second-order valence-electron chi connectivity index (χ2n) is 6.93. The lowest BCUT2D eigenvalue weighted by molar-refractivity contribution is 0.248. The van der Waals surface area contributed by atoms with Crippen LogP contribution in [0.25, 0.3) is 11.5 Å². The maximum absolute atomic E-state index is 12.9. The Hall–Kier alpha value is -4.04. The van der Waals surface area contributed by atoms with Gasteiger partial charge in [-0.05, 0) is 29.8 Å². The van der Waals surface area contributed by atoms with Crippen LogP contribution in [0.1, 0.15) is 17.5 Å². The van der Waals surface area contributed by atoms with Crippen molar-refractivity contribution in [1.82, 2.24) is 15.5 Å². The number of benzene rings is 3. The Balaban J connectivity index is 1.62. The molecule has 0 saturated carbocycles. The number of ether oxygens (including phenoxy) is 2. The van der Waals surface area contributed by atoms with E-state index in [1.165, 1.54) is 7.11 Å². The smallest absolute Gasteiger partial charge is 0.320 e. The van der Waals surface area contributed by atoms with E-state index in [1.807, 2.05) is 42.5 Å². The van der Waals surface area contributed by atoms with E-state index in [-0.39, 0.29) is 11.8 Å². The molecule has 33 heavy (non-hydrogen) atoms. The van der Waals surface area contributed by atoms with Crippen LogP contribution in [0.5, 0.6) is 11.5 Å². The van der Waals surface area contributed by atoms with Crippen LogP contribution in [-0.4, -0.2) is 30.4 Å². The van der Waals surface area contributed by atoms with Crippen molar-refractivity contribution < 1.29 is 18.7 Å². The van der Waals surface area contributed by atoms with Gasteiger partial charge < -0.3 is 24.5 Å². The Kier molecular flexibility index (Phi) is 6.75. The third-order valence-corrected chi connectivity index (χ3v) is 5.18. The Morgan fingerprint density at radius 3 is 2.45 bits per heavy atom. The minimum Gasteiger partial charge on any atom is -0.497 e. The molecule has 0 spiro atoms. The van der Waals surface area contributed by atoms with Crippen molar-refractivity contribution in [2.45, 2.75) is 6.04 Å². The van der Waals surface area contributed by atoms with Crippen molar-refractivity contribution in [3.8, 4) is 23.0 Å². The summed E-state index contributed by atoms with van der Waals surface area (Å²) in [4.78, 5) is 12.9. The van der Waals surface area contributed by atoms with Crippen LogP contribution in [0.2, 0.25) is 5.02 Å². The highest BCUT2D eigenvalue weighted by Crippen LogP contribution is 2.31. The molecule has 1 aromatic heterocycles. The summed E-state index contributed by atoms with van der Waals surface area (Å²) in [5, 5.41) is 14.5. The SMILES string of the molecule is COc1ccc(OC)c(NC(=O)NC(c2ccccc2)c2nnc(-c3ccccc3Cl)o2)c1. The first kappa shape index (κ1) is 22.2. The average molecular weight is 465 g/mol. The third-order valence-electron chi connectivity index (χ3n) is 4.86. The fourth-order valence-corrected chi connectivity index (χ4v) is 3.45. The highest BCUT2D eigenvalue weighted by atomic mass is 35.5. The Morgan fingerprint density at radius 2 is 1.73 bits per heavy atom. The molecule has 0 aliphatic rings. The standard InChI is InChI=1S/C24H21ClN4O4/c1-31-16-12-13-20(32-2)19(14-16)26-24(30)27-21(15-8-4-3-5-9-15)23-29-28-22(33-23)17-10-6-7-11-18(17)25/h3-14,21H,1-2H3,(H2,26,27,30). The van der Waals surface area contributed by atoms with Gasteiger partial charge in [-0.25, -0.2) is 4.79 Å². The van der Waals surface area contributed by atoms with E-state index in [1.54, 1.807) is 37.4 Å². The van der Waals surface area contributed by atoms with Crippen molar-refractivity contribution in [2.75, 3.05) is 19.5 Å². The Labute approximate surface area is 195 Å². The Bertz CT molecular complexity index is 1250. The molecule has 1 atom stereocenters. The molecule has 0 aliphatic heterocycles. The van der Waals surface area contributed by atoms with Crippen LogP contribution in [0, 0.1) is 0 Å². The second-order valence-corrected chi connectivity index (χ2v) is 7.34. The number of urea groups is 1. The molecule has 4 aromatic rings. The van der Waals surface area contributed by atoms with Crippen molar-refractivity contribution >= 4 is 23.3 Å². The molecular formula is C24H21ClN4O4. The van der Waals surface area contributed by atoms with Gasteiger partial charge in [0.2, 0.25) is 11.8 Å². The van der Waals surface area contributed by atoms with Gasteiger partial charge >= 0.3 is 6.03 Å². The van der Waals surface area contributed by atoms with E-state index in [9.17, 15) is 4.79 Å². The van der Waals surface area contributed by atoms with Gasteiger partial charge in [0.25, 0.3) is 0 Å². The predicted octanol–water partition coefficient (Wildman–Crippen LogP) is 5.32. The number of amides is 2. The number of hydrogen-bond acceptors (Lipinski definition) is 6. The maximum Gasteiger partial charge on any atom is 0.320 e. The largest absolute Gasteiger partial charge is 0.497 e. The molecule has 0 radical (unpaired) electrons. The van der Waals surface area contributed by atoms with Crippen molar-refractivity contribution in [3.05, 3.63) is 89.3 Å². The molecule has 1 unspecified atom stereocenters. The van der Waals surface area contributed by atoms with E-state index in [2.05, 4.69) is 20.8 Å². The lowest BCUT2D eigenvalue weighted by atomic mass is 10.1. The zero-order chi connectivity index (χ0) is 23.2. The van der Waals surface area contributed by atoms with Gasteiger partial charge in [-0.2, -0.15) is 0 Å². The lowest BCUT2D eigenvalue weighted by Crippen LogP contribution is -2.33. The first-order valence-electron chi connectivity index (χ1n) is 10.0. The molecule has 0 aliphatic carbocycles. The molecule has 0 bridgehead atoms. The summed E-state index contributed by atoms with van der Waals surface area (Å²) in [5.41, 5.74) is 1.82. The highest BCUT2D eigenvalue weighted by molar-refractivity contribution is 6.33. The maximum atomic E-state index is 12.9. The molecule has 0 saturated heterocycles. The van der Waals surface area contributed by atoms with Crippen LogP contribution >= 0.6 is 11.6 Å². The van der Waals surface area contributed by atoms with E-state index in [0.717, 1.165) is 5.56 Å². The van der Waals surface area contributed by atoms with E-state index < -0.39 is 12.1 Å². The van der Waals surface area contributed by atoms with Gasteiger partial charge in [-0.1, -0.05) is 54.1 Å². The number of aromatic nitrogens is 2. The third kappa shape index (κ3) is 5.07. The number of anilines is 1. The number of rotatable bonds is 7. The minimum atomic E-state index is -0.702. The van der Waals surface area contributed by atoms with Crippen LogP contribution in [-0.2, 0) is 0 Å². The summed E-state index contributed by atoms with van der Waals surface area (Å²) in [6, 6.07) is 20.4. The first-order chi connectivity index (χ1) is 16.1. The molecule has 1 heterocycles. The normalized spacial score (nSPS) is 11.5. The number of halogens is 1. The van der Waals surface area contributed by atoms with E-state index in [4.69, 9.17) is 25.5 Å². The highest BCUT2D eigenvalue weighted by Gasteiger charge is 2.24. The van der Waals surface area contributed by atoms with Crippen LogP contribution in [0.3, 0.4) is 0 Å². The summed E-state index contributed by atoms with van der Waals surface area (Å²) in [6.45, 7) is 0. The molecular weight excluding hydrogens is 444 g/mol. The molecule has 3 aromatic carbocycles. The molecule has 8 nitrogen and oxygen atoms in total. The van der Waals surface area contributed by atoms with Crippen molar-refractivity contribution in [2.24, 2.45) is 0 Å². The summed E-state index contributed by atoms with van der Waals surface area (Å²) in [7, 11) is 3.07. The van der Waals surface area contributed by atoms with Crippen LogP contribution in [0.15, 0.2) is 77.2 Å². The molecule has 4 rings (SSSR count). The van der Waals surface area contributed by atoms with E-state index in [0.29, 0.717) is 27.8 Å². The van der Waals surface area contributed by atoms with Gasteiger partial charge in [0.1, 0.15) is 17.5 Å². The number of carbonyl (C=O) groups excluding carboxylic acids is 1. The number of nitrogens with one attached hydrogen (secondary N) is 2. The molecule has 9 heteroatoms. The number of carbonyl (C=O) groups is 1. The van der Waals surface area contributed by atoms with Crippen molar-refractivity contribution in [3.63, 3.8) is 0 Å². The molecule has 2 N–H and O–H groups in total. The van der Waals surface area contributed by atoms with Gasteiger partial charge in [0.15, 0.2) is 0 Å². The predicted molar refractivity (Wildman–Crippen MR) is 125 cm³/mol. The summed E-state index contributed by atoms with van der Waals surface area (Å²) < 4.78 is 16.5. The van der Waals surface area contributed by atoms with E-state index >= 15 is 0 Å². The minimum absolute atomic E-state index is 0.212. The second kappa shape index (κ2) is 10.1. The number of methoxy groups -OCH3 is 2. The zero-order valence-corrected chi connectivity index (χ0v) is 18.7. The van der Waals surface area contributed by atoms with Gasteiger partial charge in [-0.15, -0.1) is 10.2 Å². The van der Waals surface area contributed by atoms with Crippen molar-refractivity contribution in [1.29, 1.82) is 0 Å². The topological polar surface area (TPSA) is 98.5 Å². The fraction of sp³-hybridized carbons (Fsp3) is 0.125.